The molecule has 0 heterocycles. The number of carbonyl (C=O) groups excluding carboxylic acids is 1. The van der Waals surface area contributed by atoms with Crippen molar-refractivity contribution < 1.29 is 4.79 Å². The number of unbranched alkanes of at least 4 members (excludes halogenated alkanes) is 2. The maximum atomic E-state index is 10.7. The molecule has 0 atom stereocenters. The fraction of sp³-hybridized carbons (Fsp3) is 0.357. The van der Waals surface area contributed by atoms with Gasteiger partial charge in [-0.1, -0.05) is 42.5 Å². The van der Waals surface area contributed by atoms with E-state index in [2.05, 4.69) is 24.3 Å². The Balaban J connectivity index is 2.15. The first-order valence-electron chi connectivity index (χ1n) is 5.50. The Hall–Kier alpha value is -1.37. The van der Waals surface area contributed by atoms with Gasteiger partial charge in [-0.05, 0) is 31.7 Å². The smallest absolute Gasteiger partial charge is 0.129 e. The predicted molar refractivity (Wildman–Crippen MR) is 64.6 cm³/mol. The first-order valence-corrected chi connectivity index (χ1v) is 5.50. The molecule has 0 fully saturated rings. The normalized spacial score (nSPS) is 10.7. The van der Waals surface area contributed by atoms with E-state index in [1.807, 2.05) is 18.2 Å². The summed E-state index contributed by atoms with van der Waals surface area (Å²) in [4.78, 5) is 10.7. The van der Waals surface area contributed by atoms with E-state index < -0.39 is 0 Å². The third-order valence-corrected chi connectivity index (χ3v) is 2.26. The van der Waals surface area contributed by atoms with Gasteiger partial charge in [0, 0.05) is 6.42 Å². The summed E-state index contributed by atoms with van der Waals surface area (Å²) in [5.74, 6) is 0.294. The number of ketones is 1. The van der Waals surface area contributed by atoms with Crippen LogP contribution in [-0.4, -0.2) is 5.78 Å². The zero-order valence-corrected chi connectivity index (χ0v) is 9.28. The summed E-state index contributed by atoms with van der Waals surface area (Å²) in [5, 5.41) is 0. The Morgan fingerprint density at radius 1 is 1.20 bits per heavy atom. The largest absolute Gasteiger partial charge is 0.300 e. The van der Waals surface area contributed by atoms with E-state index in [1.165, 1.54) is 5.56 Å². The van der Waals surface area contributed by atoms with Gasteiger partial charge >= 0.3 is 0 Å². The van der Waals surface area contributed by atoms with Crippen LogP contribution in [0.1, 0.15) is 38.2 Å². The standard InChI is InChI=1S/C14H18O/c1-13(15)9-5-2-3-6-10-14-11-7-4-8-12-14/h4,6-8,10-12H,2-3,5,9H2,1H3/b10-6-. The van der Waals surface area contributed by atoms with Crippen LogP contribution in [0.5, 0.6) is 0 Å². The summed E-state index contributed by atoms with van der Waals surface area (Å²) in [6, 6.07) is 10.3. The summed E-state index contributed by atoms with van der Waals surface area (Å²) in [6.07, 6.45) is 8.20. The van der Waals surface area contributed by atoms with E-state index in [4.69, 9.17) is 0 Å². The molecule has 0 saturated carbocycles. The average Bonchev–Trinajstić information content (AvgIpc) is 2.24. The van der Waals surface area contributed by atoms with Gasteiger partial charge in [0.2, 0.25) is 0 Å². The second-order valence-corrected chi connectivity index (χ2v) is 3.76. The van der Waals surface area contributed by atoms with Crippen molar-refractivity contribution in [2.75, 3.05) is 0 Å². The minimum atomic E-state index is 0.294. The average molecular weight is 202 g/mol. The molecular formula is C14H18O. The van der Waals surface area contributed by atoms with Crippen molar-refractivity contribution in [3.63, 3.8) is 0 Å². The van der Waals surface area contributed by atoms with Crippen molar-refractivity contribution in [2.45, 2.75) is 32.6 Å². The molecule has 1 heteroatoms. The van der Waals surface area contributed by atoms with Crippen LogP contribution in [-0.2, 0) is 4.79 Å². The number of carbonyl (C=O) groups is 1. The molecule has 80 valence electrons. The molecule has 1 aromatic carbocycles. The summed E-state index contributed by atoms with van der Waals surface area (Å²) in [7, 11) is 0. The highest BCUT2D eigenvalue weighted by atomic mass is 16.1. The molecule has 0 saturated heterocycles. The summed E-state index contributed by atoms with van der Waals surface area (Å²) in [6.45, 7) is 1.65. The van der Waals surface area contributed by atoms with Crippen LogP contribution in [0.15, 0.2) is 36.4 Å². The number of hydrogen-bond acceptors (Lipinski definition) is 1. The highest BCUT2D eigenvalue weighted by molar-refractivity contribution is 5.75. The van der Waals surface area contributed by atoms with E-state index in [-0.39, 0.29) is 0 Å². The zero-order chi connectivity index (χ0) is 10.9. The van der Waals surface area contributed by atoms with Crippen LogP contribution >= 0.6 is 0 Å². The lowest BCUT2D eigenvalue weighted by molar-refractivity contribution is -0.117. The highest BCUT2D eigenvalue weighted by Crippen LogP contribution is 2.05. The van der Waals surface area contributed by atoms with Crippen LogP contribution in [0.25, 0.3) is 6.08 Å². The van der Waals surface area contributed by atoms with Crippen molar-refractivity contribution in [2.24, 2.45) is 0 Å². The molecular weight excluding hydrogens is 184 g/mol. The topological polar surface area (TPSA) is 17.1 Å². The fourth-order valence-corrected chi connectivity index (χ4v) is 1.42. The highest BCUT2D eigenvalue weighted by Gasteiger charge is 1.91. The molecule has 0 aliphatic rings. The molecule has 0 aliphatic carbocycles. The zero-order valence-electron chi connectivity index (χ0n) is 9.28. The second-order valence-electron chi connectivity index (χ2n) is 3.76. The predicted octanol–water partition coefficient (Wildman–Crippen LogP) is 3.85. The van der Waals surface area contributed by atoms with Gasteiger partial charge in [0.05, 0.1) is 0 Å². The first-order chi connectivity index (χ1) is 7.29. The monoisotopic (exact) mass is 202 g/mol. The minimum Gasteiger partial charge on any atom is -0.300 e. The Kier molecular flexibility index (Phi) is 5.46. The van der Waals surface area contributed by atoms with E-state index in [1.54, 1.807) is 6.92 Å². The Labute approximate surface area is 91.8 Å². The van der Waals surface area contributed by atoms with Crippen LogP contribution in [0, 0.1) is 0 Å². The number of benzene rings is 1. The Bertz CT molecular complexity index is 311. The van der Waals surface area contributed by atoms with Gasteiger partial charge in [0.25, 0.3) is 0 Å². The second kappa shape index (κ2) is 6.99. The molecule has 0 aliphatic heterocycles. The van der Waals surface area contributed by atoms with E-state index >= 15 is 0 Å². The summed E-state index contributed by atoms with van der Waals surface area (Å²) >= 11 is 0. The quantitative estimate of drug-likeness (QED) is 0.640. The van der Waals surface area contributed by atoms with E-state index in [0.717, 1.165) is 25.7 Å². The maximum Gasteiger partial charge on any atom is 0.129 e. The minimum absolute atomic E-state index is 0.294. The molecule has 1 nitrogen and oxygen atoms in total. The molecule has 0 unspecified atom stereocenters. The third-order valence-electron chi connectivity index (χ3n) is 2.26. The summed E-state index contributed by atoms with van der Waals surface area (Å²) < 4.78 is 0. The molecule has 1 rings (SSSR count). The third kappa shape index (κ3) is 5.84. The lowest BCUT2D eigenvalue weighted by atomic mass is 10.1. The van der Waals surface area contributed by atoms with Gasteiger partial charge in [-0.2, -0.15) is 0 Å². The van der Waals surface area contributed by atoms with Gasteiger partial charge in [-0.3, -0.25) is 0 Å². The maximum absolute atomic E-state index is 10.7. The Morgan fingerprint density at radius 2 is 1.93 bits per heavy atom. The lowest BCUT2D eigenvalue weighted by Gasteiger charge is -1.94. The Morgan fingerprint density at radius 3 is 2.60 bits per heavy atom. The number of hydrogen-bond donors (Lipinski definition) is 0. The van der Waals surface area contributed by atoms with Crippen molar-refractivity contribution >= 4 is 11.9 Å². The van der Waals surface area contributed by atoms with Crippen LogP contribution in [0.3, 0.4) is 0 Å². The first kappa shape index (κ1) is 11.7. The molecule has 0 radical (unpaired) electrons. The van der Waals surface area contributed by atoms with E-state index in [0.29, 0.717) is 5.78 Å². The molecule has 0 spiro atoms. The molecule has 0 bridgehead atoms. The van der Waals surface area contributed by atoms with Gasteiger partial charge in [0.1, 0.15) is 5.78 Å². The molecule has 15 heavy (non-hydrogen) atoms. The van der Waals surface area contributed by atoms with Crippen LogP contribution in [0.4, 0.5) is 0 Å². The number of allylic oxidation sites excluding steroid dienone is 1. The molecule has 1 aromatic rings. The van der Waals surface area contributed by atoms with Gasteiger partial charge in [-0.25, -0.2) is 0 Å². The molecule has 0 amide bonds. The van der Waals surface area contributed by atoms with E-state index in [9.17, 15) is 4.79 Å². The van der Waals surface area contributed by atoms with Crippen LogP contribution in [0.2, 0.25) is 0 Å². The van der Waals surface area contributed by atoms with Crippen LogP contribution < -0.4 is 0 Å². The van der Waals surface area contributed by atoms with Gasteiger partial charge in [0.15, 0.2) is 0 Å². The summed E-state index contributed by atoms with van der Waals surface area (Å²) in [5.41, 5.74) is 1.24. The molecule has 0 N–H and O–H groups in total. The van der Waals surface area contributed by atoms with Crippen molar-refractivity contribution in [1.82, 2.24) is 0 Å². The SMILES string of the molecule is CC(=O)CCCC/C=C\c1ccccc1. The van der Waals surface area contributed by atoms with Crippen molar-refractivity contribution in [1.29, 1.82) is 0 Å². The van der Waals surface area contributed by atoms with Crippen molar-refractivity contribution in [3.8, 4) is 0 Å². The fourth-order valence-electron chi connectivity index (χ4n) is 1.42. The lowest BCUT2D eigenvalue weighted by Crippen LogP contribution is -1.88. The number of Topliss-reactive ketones (excluding diaryl/α,β-unsaturated/α-hetero) is 1. The van der Waals surface area contributed by atoms with Gasteiger partial charge in [-0.15, -0.1) is 0 Å². The molecule has 0 aromatic heterocycles. The van der Waals surface area contributed by atoms with Gasteiger partial charge < -0.3 is 4.79 Å². The number of rotatable bonds is 6. The van der Waals surface area contributed by atoms with Crippen molar-refractivity contribution in [3.05, 3.63) is 42.0 Å².